The molecular formula is C16H24N2O3. The van der Waals surface area contributed by atoms with E-state index in [9.17, 15) is 4.79 Å². The van der Waals surface area contributed by atoms with E-state index in [1.165, 1.54) is 0 Å². The molecule has 0 atom stereocenters. The first-order chi connectivity index (χ1) is 10.2. The number of hydrogen-bond acceptors (Lipinski definition) is 4. The summed E-state index contributed by atoms with van der Waals surface area (Å²) in [5.41, 5.74) is 0.321. The van der Waals surface area contributed by atoms with Gasteiger partial charge in [-0.2, -0.15) is 0 Å². The molecule has 0 saturated carbocycles. The van der Waals surface area contributed by atoms with Gasteiger partial charge < -0.3 is 20.1 Å². The van der Waals surface area contributed by atoms with E-state index in [1.807, 2.05) is 31.2 Å². The summed E-state index contributed by atoms with van der Waals surface area (Å²) in [5, 5.41) is 6.30. The second-order valence-electron chi connectivity index (χ2n) is 5.38. The SMILES string of the molecule is CCOc1cccc(NC(=O)C2(COC)CCNCC2)c1. The van der Waals surface area contributed by atoms with E-state index in [2.05, 4.69) is 10.6 Å². The lowest BCUT2D eigenvalue weighted by atomic mass is 9.78. The number of hydrogen-bond donors (Lipinski definition) is 2. The Morgan fingerprint density at radius 1 is 1.38 bits per heavy atom. The summed E-state index contributed by atoms with van der Waals surface area (Å²) in [5.74, 6) is 0.793. The standard InChI is InChI=1S/C16H24N2O3/c1-3-21-14-6-4-5-13(11-14)18-15(19)16(12-20-2)7-9-17-10-8-16/h4-6,11,17H,3,7-10,12H2,1-2H3,(H,18,19). The predicted molar refractivity (Wildman–Crippen MR) is 82.7 cm³/mol. The fraction of sp³-hybridized carbons (Fsp3) is 0.562. The summed E-state index contributed by atoms with van der Waals surface area (Å²) >= 11 is 0. The summed E-state index contributed by atoms with van der Waals surface area (Å²) in [6.45, 7) is 4.68. The maximum absolute atomic E-state index is 12.7. The van der Waals surface area contributed by atoms with Gasteiger partial charge in [0.25, 0.3) is 0 Å². The highest BCUT2D eigenvalue weighted by Gasteiger charge is 2.39. The van der Waals surface area contributed by atoms with Gasteiger partial charge in [-0.15, -0.1) is 0 Å². The quantitative estimate of drug-likeness (QED) is 0.842. The van der Waals surface area contributed by atoms with Crippen LogP contribution in [0.4, 0.5) is 5.69 Å². The molecule has 1 saturated heterocycles. The Kier molecular flexibility index (Phi) is 5.59. The van der Waals surface area contributed by atoms with Crippen molar-refractivity contribution in [3.05, 3.63) is 24.3 Å². The zero-order valence-electron chi connectivity index (χ0n) is 12.8. The monoisotopic (exact) mass is 292 g/mol. The van der Waals surface area contributed by atoms with E-state index in [0.29, 0.717) is 13.2 Å². The Bertz CT molecular complexity index is 465. The number of carbonyl (C=O) groups excluding carboxylic acids is 1. The van der Waals surface area contributed by atoms with Gasteiger partial charge in [-0.25, -0.2) is 0 Å². The zero-order chi connectivity index (χ0) is 15.1. The fourth-order valence-corrected chi connectivity index (χ4v) is 2.71. The van der Waals surface area contributed by atoms with E-state index in [0.717, 1.165) is 37.4 Å². The number of piperidine rings is 1. The van der Waals surface area contributed by atoms with Gasteiger partial charge >= 0.3 is 0 Å². The smallest absolute Gasteiger partial charge is 0.233 e. The minimum absolute atomic E-state index is 0.0273. The van der Waals surface area contributed by atoms with E-state index in [4.69, 9.17) is 9.47 Å². The van der Waals surface area contributed by atoms with Crippen LogP contribution < -0.4 is 15.4 Å². The summed E-state index contributed by atoms with van der Waals surface area (Å²) in [4.78, 5) is 12.7. The summed E-state index contributed by atoms with van der Waals surface area (Å²) in [6.07, 6.45) is 1.58. The molecule has 1 amide bonds. The molecule has 2 N–H and O–H groups in total. The third-order valence-corrected chi connectivity index (χ3v) is 3.87. The second-order valence-corrected chi connectivity index (χ2v) is 5.38. The molecule has 116 valence electrons. The number of methoxy groups -OCH3 is 1. The first kappa shape index (κ1) is 15.8. The van der Waals surface area contributed by atoms with Crippen molar-refractivity contribution in [3.8, 4) is 5.75 Å². The highest BCUT2D eigenvalue weighted by Crippen LogP contribution is 2.31. The van der Waals surface area contributed by atoms with Crippen LogP contribution in [-0.4, -0.2) is 39.3 Å². The van der Waals surface area contributed by atoms with Gasteiger partial charge in [-0.3, -0.25) is 4.79 Å². The molecule has 1 fully saturated rings. The summed E-state index contributed by atoms with van der Waals surface area (Å²) in [6, 6.07) is 7.49. The summed E-state index contributed by atoms with van der Waals surface area (Å²) in [7, 11) is 1.65. The molecule has 1 aliphatic rings. The number of amides is 1. The Balaban J connectivity index is 2.09. The third kappa shape index (κ3) is 3.95. The lowest BCUT2D eigenvalue weighted by molar-refractivity contribution is -0.130. The maximum atomic E-state index is 12.7. The average Bonchev–Trinajstić information content (AvgIpc) is 2.49. The highest BCUT2D eigenvalue weighted by atomic mass is 16.5. The number of rotatable bonds is 6. The van der Waals surface area contributed by atoms with Crippen molar-refractivity contribution in [2.45, 2.75) is 19.8 Å². The molecule has 1 aromatic rings. The van der Waals surface area contributed by atoms with Crippen molar-refractivity contribution in [2.24, 2.45) is 5.41 Å². The highest BCUT2D eigenvalue weighted by molar-refractivity contribution is 5.95. The lowest BCUT2D eigenvalue weighted by Crippen LogP contribution is -2.47. The van der Waals surface area contributed by atoms with Crippen molar-refractivity contribution in [1.82, 2.24) is 5.32 Å². The molecule has 0 aliphatic carbocycles. The topological polar surface area (TPSA) is 59.6 Å². The molecule has 5 heteroatoms. The zero-order valence-corrected chi connectivity index (χ0v) is 12.8. The van der Waals surface area contributed by atoms with Gasteiger partial charge in [-0.05, 0) is 45.0 Å². The molecule has 5 nitrogen and oxygen atoms in total. The van der Waals surface area contributed by atoms with Crippen LogP contribution in [-0.2, 0) is 9.53 Å². The second kappa shape index (κ2) is 7.43. The van der Waals surface area contributed by atoms with E-state index in [-0.39, 0.29) is 5.91 Å². The molecular weight excluding hydrogens is 268 g/mol. The average molecular weight is 292 g/mol. The minimum atomic E-state index is -0.443. The van der Waals surface area contributed by atoms with E-state index in [1.54, 1.807) is 7.11 Å². The number of anilines is 1. The normalized spacial score (nSPS) is 17.2. The van der Waals surface area contributed by atoms with Crippen molar-refractivity contribution >= 4 is 11.6 Å². The molecule has 2 rings (SSSR count). The van der Waals surface area contributed by atoms with Crippen molar-refractivity contribution in [1.29, 1.82) is 0 Å². The molecule has 0 unspecified atom stereocenters. The Morgan fingerprint density at radius 3 is 2.81 bits per heavy atom. The number of nitrogens with one attached hydrogen (secondary N) is 2. The van der Waals surface area contributed by atoms with Gasteiger partial charge in [0, 0.05) is 18.9 Å². The number of ether oxygens (including phenoxy) is 2. The van der Waals surface area contributed by atoms with E-state index >= 15 is 0 Å². The summed E-state index contributed by atoms with van der Waals surface area (Å²) < 4.78 is 10.8. The van der Waals surface area contributed by atoms with Crippen molar-refractivity contribution < 1.29 is 14.3 Å². The van der Waals surface area contributed by atoms with Gasteiger partial charge in [0.15, 0.2) is 0 Å². The van der Waals surface area contributed by atoms with Gasteiger partial charge in [0.05, 0.1) is 18.6 Å². The van der Waals surface area contributed by atoms with Gasteiger partial charge in [0.1, 0.15) is 5.75 Å². The Hall–Kier alpha value is -1.59. The van der Waals surface area contributed by atoms with Crippen molar-refractivity contribution in [3.63, 3.8) is 0 Å². The third-order valence-electron chi connectivity index (χ3n) is 3.87. The molecule has 1 aliphatic heterocycles. The maximum Gasteiger partial charge on any atom is 0.233 e. The Labute approximate surface area is 126 Å². The van der Waals surface area contributed by atoms with Crippen LogP contribution in [0.2, 0.25) is 0 Å². The van der Waals surface area contributed by atoms with Crippen LogP contribution in [0.25, 0.3) is 0 Å². The molecule has 1 aromatic carbocycles. The minimum Gasteiger partial charge on any atom is -0.494 e. The molecule has 0 spiro atoms. The predicted octanol–water partition coefficient (Wildman–Crippen LogP) is 2.04. The fourth-order valence-electron chi connectivity index (χ4n) is 2.71. The molecule has 0 radical (unpaired) electrons. The van der Waals surface area contributed by atoms with Crippen molar-refractivity contribution in [2.75, 3.05) is 38.7 Å². The number of carbonyl (C=O) groups is 1. The van der Waals surface area contributed by atoms with Crippen LogP contribution in [0.3, 0.4) is 0 Å². The Morgan fingerprint density at radius 2 is 2.14 bits per heavy atom. The first-order valence-electron chi connectivity index (χ1n) is 7.44. The van der Waals surface area contributed by atoms with Crippen LogP contribution in [0.5, 0.6) is 5.75 Å². The lowest BCUT2D eigenvalue weighted by Gasteiger charge is -2.35. The van der Waals surface area contributed by atoms with Gasteiger partial charge in [-0.1, -0.05) is 6.07 Å². The largest absolute Gasteiger partial charge is 0.494 e. The number of benzene rings is 1. The van der Waals surface area contributed by atoms with Crippen LogP contribution in [0, 0.1) is 5.41 Å². The molecule has 0 bridgehead atoms. The molecule has 1 heterocycles. The van der Waals surface area contributed by atoms with Gasteiger partial charge in [0.2, 0.25) is 5.91 Å². The van der Waals surface area contributed by atoms with Crippen LogP contribution in [0.15, 0.2) is 24.3 Å². The van der Waals surface area contributed by atoms with Crippen LogP contribution in [0.1, 0.15) is 19.8 Å². The van der Waals surface area contributed by atoms with Crippen LogP contribution >= 0.6 is 0 Å². The first-order valence-corrected chi connectivity index (χ1v) is 7.44. The van der Waals surface area contributed by atoms with E-state index < -0.39 is 5.41 Å². The molecule has 0 aromatic heterocycles. The molecule has 21 heavy (non-hydrogen) atoms.